The second kappa shape index (κ2) is 5.16. The summed E-state index contributed by atoms with van der Waals surface area (Å²) >= 11 is 0. The van der Waals surface area contributed by atoms with Crippen molar-refractivity contribution in [2.45, 2.75) is 45.3 Å². The molecule has 1 atom stereocenters. The lowest BCUT2D eigenvalue weighted by Gasteiger charge is -2.06. The fourth-order valence-corrected chi connectivity index (χ4v) is 3.36. The summed E-state index contributed by atoms with van der Waals surface area (Å²) < 4.78 is 5.70. The Morgan fingerprint density at radius 2 is 2.36 bits per heavy atom. The minimum atomic E-state index is -0.0930. The molecule has 0 bridgehead atoms. The lowest BCUT2D eigenvalue weighted by Crippen LogP contribution is -2.24. The van der Waals surface area contributed by atoms with E-state index in [0.29, 0.717) is 12.2 Å². The first-order valence-corrected chi connectivity index (χ1v) is 7.83. The van der Waals surface area contributed by atoms with Gasteiger partial charge in [0.1, 0.15) is 11.9 Å². The van der Waals surface area contributed by atoms with Gasteiger partial charge < -0.3 is 10.1 Å². The monoisotopic (exact) mass is 297 g/mol. The van der Waals surface area contributed by atoms with Crippen molar-refractivity contribution in [1.29, 1.82) is 0 Å². The molecular formula is C17H19N3O2. The van der Waals surface area contributed by atoms with Gasteiger partial charge in [0.15, 0.2) is 5.69 Å². The van der Waals surface area contributed by atoms with Gasteiger partial charge in [-0.25, -0.2) is 0 Å². The van der Waals surface area contributed by atoms with E-state index in [1.54, 1.807) is 0 Å². The number of nitrogens with zero attached hydrogens (tertiary/aromatic N) is 1. The second-order valence-electron chi connectivity index (χ2n) is 6.14. The molecule has 0 radical (unpaired) electrons. The molecule has 2 aromatic rings. The van der Waals surface area contributed by atoms with Crippen LogP contribution in [-0.4, -0.2) is 22.2 Å². The summed E-state index contributed by atoms with van der Waals surface area (Å²) in [5.74, 6) is 0.872. The fourth-order valence-electron chi connectivity index (χ4n) is 3.36. The highest BCUT2D eigenvalue weighted by atomic mass is 16.5. The number of nitrogens with one attached hydrogen (secondary N) is 2. The van der Waals surface area contributed by atoms with E-state index in [9.17, 15) is 4.79 Å². The van der Waals surface area contributed by atoms with Crippen molar-refractivity contribution in [2.24, 2.45) is 0 Å². The fraction of sp³-hybridized carbons (Fsp3) is 0.412. The van der Waals surface area contributed by atoms with E-state index in [1.165, 1.54) is 5.56 Å². The van der Waals surface area contributed by atoms with Crippen LogP contribution in [0.1, 0.15) is 46.2 Å². The van der Waals surface area contributed by atoms with Crippen molar-refractivity contribution < 1.29 is 9.53 Å². The maximum Gasteiger partial charge on any atom is 0.272 e. The van der Waals surface area contributed by atoms with E-state index in [0.717, 1.165) is 48.3 Å². The molecule has 2 N–H and O–H groups in total. The molecule has 1 aromatic carbocycles. The number of rotatable bonds is 3. The molecule has 2 heterocycles. The van der Waals surface area contributed by atoms with Crippen LogP contribution in [0.4, 0.5) is 0 Å². The lowest BCUT2D eigenvalue weighted by molar-refractivity contribution is 0.0945. The number of ether oxygens (including phenoxy) is 1. The molecule has 0 fully saturated rings. The Bertz CT molecular complexity index is 736. The van der Waals surface area contributed by atoms with Gasteiger partial charge in [-0.2, -0.15) is 5.10 Å². The van der Waals surface area contributed by atoms with Crippen molar-refractivity contribution in [3.05, 3.63) is 46.3 Å². The van der Waals surface area contributed by atoms with Crippen LogP contribution in [0.5, 0.6) is 5.75 Å². The van der Waals surface area contributed by atoms with Gasteiger partial charge in [0.25, 0.3) is 5.91 Å². The molecule has 1 aliphatic heterocycles. The number of benzene rings is 1. The third-order valence-corrected chi connectivity index (χ3v) is 4.43. The Morgan fingerprint density at radius 3 is 3.27 bits per heavy atom. The average Bonchev–Trinajstić information content (AvgIpc) is 3.17. The van der Waals surface area contributed by atoms with Gasteiger partial charge in [-0.15, -0.1) is 0 Å². The molecular weight excluding hydrogens is 278 g/mol. The van der Waals surface area contributed by atoms with Crippen LogP contribution in [0, 0.1) is 0 Å². The van der Waals surface area contributed by atoms with Crippen molar-refractivity contribution in [3.8, 4) is 5.75 Å². The zero-order chi connectivity index (χ0) is 15.1. The summed E-state index contributed by atoms with van der Waals surface area (Å²) in [5.41, 5.74) is 5.09. The minimum absolute atomic E-state index is 0.0930. The predicted octanol–water partition coefficient (Wildman–Crippen LogP) is 2.15. The van der Waals surface area contributed by atoms with Crippen molar-refractivity contribution in [3.63, 3.8) is 0 Å². The molecule has 0 saturated carbocycles. The number of aromatic nitrogens is 2. The summed E-state index contributed by atoms with van der Waals surface area (Å²) in [6.07, 6.45) is 4.23. The third kappa shape index (κ3) is 2.26. The molecule has 1 aliphatic carbocycles. The zero-order valence-corrected chi connectivity index (χ0v) is 12.6. The quantitative estimate of drug-likeness (QED) is 0.912. The number of H-pyrrole nitrogens is 1. The van der Waals surface area contributed by atoms with Crippen LogP contribution < -0.4 is 10.1 Å². The number of amides is 1. The Balaban J connectivity index is 1.44. The molecule has 1 unspecified atom stereocenters. The summed E-state index contributed by atoms with van der Waals surface area (Å²) in [6, 6.07) is 6.12. The SMILES string of the molecule is CC1Cc2cc(CNC(=O)c3n[nH]c4c3CCC4)ccc2O1. The molecule has 22 heavy (non-hydrogen) atoms. The van der Waals surface area contributed by atoms with Crippen LogP contribution in [0.25, 0.3) is 0 Å². The molecule has 4 rings (SSSR count). The predicted molar refractivity (Wildman–Crippen MR) is 82.0 cm³/mol. The summed E-state index contributed by atoms with van der Waals surface area (Å²) in [7, 11) is 0. The van der Waals surface area contributed by atoms with Gasteiger partial charge in [-0.05, 0) is 43.4 Å². The van der Waals surface area contributed by atoms with E-state index < -0.39 is 0 Å². The van der Waals surface area contributed by atoms with Gasteiger partial charge in [0.2, 0.25) is 0 Å². The number of aromatic amines is 1. The van der Waals surface area contributed by atoms with Gasteiger partial charge >= 0.3 is 0 Å². The summed E-state index contributed by atoms with van der Waals surface area (Å²) in [5, 5.41) is 10.1. The van der Waals surface area contributed by atoms with Crippen LogP contribution in [-0.2, 0) is 25.8 Å². The van der Waals surface area contributed by atoms with E-state index in [2.05, 4.69) is 28.5 Å². The Morgan fingerprint density at radius 1 is 1.45 bits per heavy atom. The molecule has 0 saturated heterocycles. The van der Waals surface area contributed by atoms with E-state index >= 15 is 0 Å². The maximum atomic E-state index is 12.3. The standard InChI is InChI=1S/C17H19N3O2/c1-10-7-12-8-11(5-6-15(12)22-10)9-18-17(21)16-13-3-2-4-14(13)19-20-16/h5-6,8,10H,2-4,7,9H2,1H3,(H,18,21)(H,19,20). The molecule has 1 aromatic heterocycles. The van der Waals surface area contributed by atoms with E-state index in [1.807, 2.05) is 12.1 Å². The van der Waals surface area contributed by atoms with Gasteiger partial charge in [0.05, 0.1) is 0 Å². The minimum Gasteiger partial charge on any atom is -0.490 e. The van der Waals surface area contributed by atoms with Gasteiger partial charge in [-0.3, -0.25) is 9.89 Å². The van der Waals surface area contributed by atoms with Crippen LogP contribution in [0.2, 0.25) is 0 Å². The topological polar surface area (TPSA) is 67.0 Å². The van der Waals surface area contributed by atoms with Gasteiger partial charge in [0, 0.05) is 24.2 Å². The van der Waals surface area contributed by atoms with Crippen molar-refractivity contribution >= 4 is 5.91 Å². The van der Waals surface area contributed by atoms with Crippen LogP contribution in [0.15, 0.2) is 18.2 Å². The van der Waals surface area contributed by atoms with E-state index in [-0.39, 0.29) is 12.0 Å². The molecule has 0 spiro atoms. The highest BCUT2D eigenvalue weighted by Crippen LogP contribution is 2.29. The highest BCUT2D eigenvalue weighted by molar-refractivity contribution is 5.94. The number of hydrogen-bond acceptors (Lipinski definition) is 3. The second-order valence-corrected chi connectivity index (χ2v) is 6.14. The third-order valence-electron chi connectivity index (χ3n) is 4.43. The maximum absolute atomic E-state index is 12.3. The van der Waals surface area contributed by atoms with E-state index in [4.69, 9.17) is 4.74 Å². The Kier molecular flexibility index (Phi) is 3.13. The first-order valence-electron chi connectivity index (χ1n) is 7.83. The van der Waals surface area contributed by atoms with Crippen LogP contribution in [0.3, 0.4) is 0 Å². The van der Waals surface area contributed by atoms with Gasteiger partial charge in [-0.1, -0.05) is 12.1 Å². The first-order chi connectivity index (χ1) is 10.7. The number of fused-ring (bicyclic) bond motifs is 2. The number of carbonyl (C=O) groups is 1. The van der Waals surface area contributed by atoms with Crippen LogP contribution >= 0.6 is 0 Å². The molecule has 1 amide bonds. The highest BCUT2D eigenvalue weighted by Gasteiger charge is 2.23. The number of carbonyl (C=O) groups excluding carboxylic acids is 1. The Hall–Kier alpha value is -2.30. The Labute approximate surface area is 129 Å². The molecule has 2 aliphatic rings. The zero-order valence-electron chi connectivity index (χ0n) is 12.6. The average molecular weight is 297 g/mol. The molecule has 114 valence electrons. The first kappa shape index (κ1) is 13.4. The largest absolute Gasteiger partial charge is 0.490 e. The van der Waals surface area contributed by atoms with Crippen molar-refractivity contribution in [2.75, 3.05) is 0 Å². The molecule has 5 nitrogen and oxygen atoms in total. The van der Waals surface area contributed by atoms with Crippen molar-refractivity contribution in [1.82, 2.24) is 15.5 Å². The summed E-state index contributed by atoms with van der Waals surface area (Å²) in [4.78, 5) is 12.3. The normalized spacial score (nSPS) is 18.7. The summed E-state index contributed by atoms with van der Waals surface area (Å²) in [6.45, 7) is 2.59. The smallest absolute Gasteiger partial charge is 0.272 e. The lowest BCUT2D eigenvalue weighted by atomic mass is 10.1. The molecule has 5 heteroatoms. The number of aryl methyl sites for hydroxylation is 1. The number of hydrogen-bond donors (Lipinski definition) is 2.